The highest BCUT2D eigenvalue weighted by atomic mass is 16.1. The van der Waals surface area contributed by atoms with Gasteiger partial charge in [-0.25, -0.2) is 0 Å². The van der Waals surface area contributed by atoms with Crippen LogP contribution in [0.25, 0.3) is 6.08 Å². The number of hydrogen-bond acceptors (Lipinski definition) is 2. The highest BCUT2D eigenvalue weighted by Crippen LogP contribution is 2.14. The number of rotatable bonds is 4. The van der Waals surface area contributed by atoms with Gasteiger partial charge in [-0.3, -0.25) is 4.79 Å². The maximum atomic E-state index is 12.0. The predicted octanol–water partition coefficient (Wildman–Crippen LogP) is 2.99. The standard InChI is InChI=1S/C17H18N2O/c1-13(11-15-9-5-6-10-16(15)18)17(20)19-12-14-7-3-2-4-8-14/h2-11H,12,18H2,1H3,(H,19,20). The number of anilines is 1. The highest BCUT2D eigenvalue weighted by Gasteiger charge is 2.04. The molecule has 2 rings (SSSR count). The minimum absolute atomic E-state index is 0.0860. The SMILES string of the molecule is CC(=Cc1ccccc1N)C(=O)NCc1ccccc1. The molecule has 3 N–H and O–H groups in total. The van der Waals surface area contributed by atoms with Crippen LogP contribution in [0.1, 0.15) is 18.1 Å². The van der Waals surface area contributed by atoms with E-state index in [0.29, 0.717) is 17.8 Å². The number of carbonyl (C=O) groups is 1. The molecule has 2 aromatic carbocycles. The Labute approximate surface area is 119 Å². The summed E-state index contributed by atoms with van der Waals surface area (Å²) >= 11 is 0. The van der Waals surface area contributed by atoms with Gasteiger partial charge in [0.2, 0.25) is 5.91 Å². The third kappa shape index (κ3) is 3.72. The smallest absolute Gasteiger partial charge is 0.247 e. The van der Waals surface area contributed by atoms with Crippen LogP contribution >= 0.6 is 0 Å². The third-order valence-electron chi connectivity index (χ3n) is 3.02. The van der Waals surface area contributed by atoms with Crippen molar-refractivity contribution >= 4 is 17.7 Å². The molecule has 102 valence electrons. The van der Waals surface area contributed by atoms with Crippen LogP contribution in [-0.4, -0.2) is 5.91 Å². The van der Waals surface area contributed by atoms with Gasteiger partial charge >= 0.3 is 0 Å². The molecular weight excluding hydrogens is 248 g/mol. The zero-order chi connectivity index (χ0) is 14.4. The summed E-state index contributed by atoms with van der Waals surface area (Å²) in [5.41, 5.74) is 9.10. The summed E-state index contributed by atoms with van der Waals surface area (Å²) in [7, 11) is 0. The molecule has 3 heteroatoms. The lowest BCUT2D eigenvalue weighted by atomic mass is 10.1. The van der Waals surface area contributed by atoms with Gasteiger partial charge in [0.05, 0.1) is 0 Å². The fourth-order valence-corrected chi connectivity index (χ4v) is 1.86. The number of nitrogens with one attached hydrogen (secondary N) is 1. The lowest BCUT2D eigenvalue weighted by Crippen LogP contribution is -2.23. The van der Waals surface area contributed by atoms with E-state index in [1.807, 2.05) is 54.6 Å². The minimum Gasteiger partial charge on any atom is -0.398 e. The Balaban J connectivity index is 2.00. The Morgan fingerprint density at radius 1 is 1.10 bits per heavy atom. The molecule has 0 unspecified atom stereocenters. The van der Waals surface area contributed by atoms with E-state index in [4.69, 9.17) is 5.73 Å². The van der Waals surface area contributed by atoms with Gasteiger partial charge in [-0.2, -0.15) is 0 Å². The molecule has 0 aliphatic rings. The first-order valence-electron chi connectivity index (χ1n) is 6.52. The molecule has 0 saturated carbocycles. The van der Waals surface area contributed by atoms with Gasteiger partial charge in [-0.05, 0) is 30.2 Å². The maximum Gasteiger partial charge on any atom is 0.247 e. The summed E-state index contributed by atoms with van der Waals surface area (Å²) in [5.74, 6) is -0.0860. The molecule has 0 heterocycles. The summed E-state index contributed by atoms with van der Waals surface area (Å²) in [5, 5.41) is 2.89. The molecule has 0 saturated heterocycles. The van der Waals surface area contributed by atoms with Crippen molar-refractivity contribution in [1.82, 2.24) is 5.32 Å². The van der Waals surface area contributed by atoms with Crippen molar-refractivity contribution in [3.05, 3.63) is 71.3 Å². The van der Waals surface area contributed by atoms with Gasteiger partial charge in [-0.1, -0.05) is 48.5 Å². The molecule has 0 fully saturated rings. The number of para-hydroxylation sites is 1. The highest BCUT2D eigenvalue weighted by molar-refractivity contribution is 5.97. The van der Waals surface area contributed by atoms with Crippen LogP contribution < -0.4 is 11.1 Å². The monoisotopic (exact) mass is 266 g/mol. The second-order valence-corrected chi connectivity index (χ2v) is 4.62. The van der Waals surface area contributed by atoms with Crippen LogP contribution in [0, 0.1) is 0 Å². The van der Waals surface area contributed by atoms with Gasteiger partial charge in [0.15, 0.2) is 0 Å². The first-order chi connectivity index (χ1) is 9.66. The van der Waals surface area contributed by atoms with Crippen molar-refractivity contribution < 1.29 is 4.79 Å². The van der Waals surface area contributed by atoms with Crippen LogP contribution in [0.2, 0.25) is 0 Å². The molecule has 3 nitrogen and oxygen atoms in total. The second-order valence-electron chi connectivity index (χ2n) is 4.62. The van der Waals surface area contributed by atoms with Gasteiger partial charge in [0, 0.05) is 17.8 Å². The Kier molecular flexibility index (Phi) is 4.56. The van der Waals surface area contributed by atoms with Crippen molar-refractivity contribution in [1.29, 1.82) is 0 Å². The lowest BCUT2D eigenvalue weighted by Gasteiger charge is -2.06. The predicted molar refractivity (Wildman–Crippen MR) is 82.8 cm³/mol. The lowest BCUT2D eigenvalue weighted by molar-refractivity contribution is -0.117. The van der Waals surface area contributed by atoms with Gasteiger partial charge in [0.25, 0.3) is 0 Å². The van der Waals surface area contributed by atoms with E-state index in [-0.39, 0.29) is 5.91 Å². The molecule has 0 aliphatic carbocycles. The Hall–Kier alpha value is -2.55. The van der Waals surface area contributed by atoms with Crippen LogP contribution in [0.15, 0.2) is 60.2 Å². The molecule has 0 atom stereocenters. The number of hydrogen-bond donors (Lipinski definition) is 2. The van der Waals surface area contributed by atoms with E-state index in [1.165, 1.54) is 0 Å². The number of carbonyl (C=O) groups excluding carboxylic acids is 1. The average molecular weight is 266 g/mol. The summed E-state index contributed by atoms with van der Waals surface area (Å²) in [4.78, 5) is 12.0. The molecular formula is C17H18N2O. The number of nitrogen functional groups attached to an aromatic ring is 1. The largest absolute Gasteiger partial charge is 0.398 e. The molecule has 0 spiro atoms. The number of nitrogens with two attached hydrogens (primary N) is 1. The molecule has 0 aliphatic heterocycles. The van der Waals surface area contributed by atoms with Crippen LogP contribution in [0.5, 0.6) is 0 Å². The van der Waals surface area contributed by atoms with Crippen LogP contribution in [0.4, 0.5) is 5.69 Å². The van der Waals surface area contributed by atoms with Crippen molar-refractivity contribution in [3.8, 4) is 0 Å². The van der Waals surface area contributed by atoms with Crippen molar-refractivity contribution in [2.75, 3.05) is 5.73 Å². The summed E-state index contributed by atoms with van der Waals surface area (Å²) in [6.45, 7) is 2.31. The average Bonchev–Trinajstić information content (AvgIpc) is 2.48. The van der Waals surface area contributed by atoms with Crippen molar-refractivity contribution in [2.45, 2.75) is 13.5 Å². The molecule has 0 bridgehead atoms. The molecule has 0 aromatic heterocycles. The summed E-state index contributed by atoms with van der Waals surface area (Å²) in [6, 6.07) is 17.3. The second kappa shape index (κ2) is 6.57. The molecule has 20 heavy (non-hydrogen) atoms. The van der Waals surface area contributed by atoms with Crippen LogP contribution in [0.3, 0.4) is 0 Å². The Bertz CT molecular complexity index is 618. The van der Waals surface area contributed by atoms with Gasteiger partial charge < -0.3 is 11.1 Å². The third-order valence-corrected chi connectivity index (χ3v) is 3.02. The minimum atomic E-state index is -0.0860. The molecule has 2 aromatic rings. The van der Waals surface area contributed by atoms with E-state index in [2.05, 4.69) is 5.32 Å². The number of benzene rings is 2. The maximum absolute atomic E-state index is 12.0. The topological polar surface area (TPSA) is 55.1 Å². The zero-order valence-electron chi connectivity index (χ0n) is 11.5. The van der Waals surface area contributed by atoms with E-state index in [9.17, 15) is 4.79 Å². The Morgan fingerprint density at radius 3 is 2.45 bits per heavy atom. The first kappa shape index (κ1) is 13.9. The quantitative estimate of drug-likeness (QED) is 0.660. The zero-order valence-corrected chi connectivity index (χ0v) is 11.5. The summed E-state index contributed by atoms with van der Waals surface area (Å²) < 4.78 is 0. The van der Waals surface area contributed by atoms with E-state index >= 15 is 0 Å². The van der Waals surface area contributed by atoms with Crippen molar-refractivity contribution in [3.63, 3.8) is 0 Å². The molecule has 0 radical (unpaired) electrons. The first-order valence-corrected chi connectivity index (χ1v) is 6.52. The Morgan fingerprint density at radius 2 is 1.75 bits per heavy atom. The number of amides is 1. The molecule has 1 amide bonds. The van der Waals surface area contributed by atoms with Gasteiger partial charge in [0.1, 0.15) is 0 Å². The summed E-state index contributed by atoms with van der Waals surface area (Å²) in [6.07, 6.45) is 1.80. The van der Waals surface area contributed by atoms with Crippen LogP contribution in [-0.2, 0) is 11.3 Å². The van der Waals surface area contributed by atoms with E-state index < -0.39 is 0 Å². The fraction of sp³-hybridized carbons (Fsp3) is 0.118. The van der Waals surface area contributed by atoms with E-state index in [0.717, 1.165) is 11.1 Å². The van der Waals surface area contributed by atoms with Crippen molar-refractivity contribution in [2.24, 2.45) is 0 Å². The van der Waals surface area contributed by atoms with Gasteiger partial charge in [-0.15, -0.1) is 0 Å². The van der Waals surface area contributed by atoms with E-state index in [1.54, 1.807) is 13.0 Å². The fourth-order valence-electron chi connectivity index (χ4n) is 1.86. The normalized spacial score (nSPS) is 11.2.